The molecule has 152 valence electrons. The molecule has 7 heteroatoms. The first-order valence-corrected chi connectivity index (χ1v) is 9.24. The lowest BCUT2D eigenvalue weighted by Gasteiger charge is -2.15. The Bertz CT molecular complexity index is 766. The van der Waals surface area contributed by atoms with Gasteiger partial charge in [0.2, 0.25) is 0 Å². The number of aliphatic imine (C=N–C) groups is 1. The quantitative estimate of drug-likeness (QED) is 0.454. The minimum Gasteiger partial charge on any atom is -0.493 e. The molecule has 0 aliphatic rings. The van der Waals surface area contributed by atoms with Crippen molar-refractivity contribution in [1.29, 1.82) is 0 Å². The van der Waals surface area contributed by atoms with E-state index in [-0.39, 0.29) is 12.4 Å². The van der Waals surface area contributed by atoms with Crippen LogP contribution < -0.4 is 20.1 Å². The van der Waals surface area contributed by atoms with Gasteiger partial charge in [0, 0.05) is 13.1 Å². The zero-order valence-electron chi connectivity index (χ0n) is 16.5. The van der Waals surface area contributed by atoms with E-state index in [4.69, 9.17) is 9.47 Å². The lowest BCUT2D eigenvalue weighted by Crippen LogP contribution is -2.38. The molecule has 0 aromatic heterocycles. The highest BCUT2D eigenvalue weighted by molar-refractivity contribution is 5.79. The van der Waals surface area contributed by atoms with Crippen molar-refractivity contribution in [2.24, 2.45) is 4.99 Å². The van der Waals surface area contributed by atoms with Crippen LogP contribution in [0.25, 0.3) is 0 Å². The largest absolute Gasteiger partial charge is 0.493 e. The highest BCUT2D eigenvalue weighted by Crippen LogP contribution is 2.30. The number of hydrogen-bond acceptors (Lipinski definition) is 4. The summed E-state index contributed by atoms with van der Waals surface area (Å²) in [5.74, 6) is 1.55. The van der Waals surface area contributed by atoms with Gasteiger partial charge in [0.15, 0.2) is 17.5 Å². The first kappa shape index (κ1) is 21.5. The van der Waals surface area contributed by atoms with Crippen molar-refractivity contribution in [3.05, 3.63) is 59.4 Å². The Kier molecular flexibility index (Phi) is 8.55. The third-order valence-corrected chi connectivity index (χ3v) is 4.18. The van der Waals surface area contributed by atoms with Crippen molar-refractivity contribution < 1.29 is 19.0 Å². The summed E-state index contributed by atoms with van der Waals surface area (Å²) in [6.45, 7) is 3.52. The van der Waals surface area contributed by atoms with Crippen LogP contribution in [-0.4, -0.2) is 44.9 Å². The summed E-state index contributed by atoms with van der Waals surface area (Å²) in [4.78, 5) is 4.45. The molecule has 0 spiro atoms. The highest BCUT2D eigenvalue weighted by atomic mass is 19.1. The van der Waals surface area contributed by atoms with Crippen molar-refractivity contribution >= 4 is 5.96 Å². The Labute approximate surface area is 165 Å². The Morgan fingerprint density at radius 2 is 1.79 bits per heavy atom. The predicted octanol–water partition coefficient (Wildman–Crippen LogP) is 2.67. The number of ether oxygens (including phenoxy) is 2. The van der Waals surface area contributed by atoms with E-state index in [0.717, 1.165) is 12.0 Å². The van der Waals surface area contributed by atoms with Gasteiger partial charge in [-0.15, -0.1) is 0 Å². The zero-order chi connectivity index (χ0) is 20.4. The molecule has 2 rings (SSSR count). The van der Waals surface area contributed by atoms with Crippen LogP contribution in [0.4, 0.5) is 4.39 Å². The number of benzene rings is 2. The van der Waals surface area contributed by atoms with E-state index in [0.29, 0.717) is 36.1 Å². The smallest absolute Gasteiger partial charge is 0.191 e. The molecule has 0 saturated carbocycles. The Balaban J connectivity index is 1.94. The number of nitrogens with zero attached hydrogens (tertiary/aromatic N) is 1. The summed E-state index contributed by atoms with van der Waals surface area (Å²) in [5, 5.41) is 16.8. The average Bonchev–Trinajstić information content (AvgIpc) is 2.72. The third-order valence-electron chi connectivity index (χ3n) is 4.18. The van der Waals surface area contributed by atoms with Crippen molar-refractivity contribution in [1.82, 2.24) is 10.6 Å². The van der Waals surface area contributed by atoms with Crippen LogP contribution in [0.1, 0.15) is 24.2 Å². The average molecular weight is 389 g/mol. The van der Waals surface area contributed by atoms with Crippen molar-refractivity contribution in [2.75, 3.05) is 33.9 Å². The fourth-order valence-corrected chi connectivity index (χ4v) is 2.66. The molecular formula is C21H28FN3O3. The molecular weight excluding hydrogens is 361 g/mol. The molecule has 0 aliphatic heterocycles. The van der Waals surface area contributed by atoms with Gasteiger partial charge in [-0.3, -0.25) is 4.99 Å². The van der Waals surface area contributed by atoms with Gasteiger partial charge in [0.05, 0.1) is 26.9 Å². The molecule has 28 heavy (non-hydrogen) atoms. The van der Waals surface area contributed by atoms with Crippen LogP contribution in [0.15, 0.2) is 47.5 Å². The van der Waals surface area contributed by atoms with Crippen molar-refractivity contribution in [3.63, 3.8) is 0 Å². The summed E-state index contributed by atoms with van der Waals surface area (Å²) < 4.78 is 23.4. The monoisotopic (exact) mass is 389 g/mol. The summed E-state index contributed by atoms with van der Waals surface area (Å²) in [6.07, 6.45) is -0.0319. The first-order chi connectivity index (χ1) is 13.6. The molecule has 0 saturated heterocycles. The van der Waals surface area contributed by atoms with E-state index in [9.17, 15) is 9.50 Å². The second kappa shape index (κ2) is 11.1. The summed E-state index contributed by atoms with van der Waals surface area (Å²) >= 11 is 0. The summed E-state index contributed by atoms with van der Waals surface area (Å²) in [6, 6.07) is 11.7. The third kappa shape index (κ3) is 6.42. The normalized spacial score (nSPS) is 12.4. The number of guanidine groups is 1. The lowest BCUT2D eigenvalue weighted by molar-refractivity contribution is 0.186. The fourth-order valence-electron chi connectivity index (χ4n) is 2.66. The van der Waals surface area contributed by atoms with Crippen molar-refractivity contribution in [2.45, 2.75) is 19.4 Å². The molecule has 0 bridgehead atoms. The van der Waals surface area contributed by atoms with Crippen LogP contribution in [-0.2, 0) is 6.42 Å². The molecule has 0 fully saturated rings. The minimum atomic E-state index is -0.771. The standard InChI is InChI=1S/C21H28FN3O3/c1-4-23-21(24-12-11-15-5-8-17(22)9-6-15)25-14-18(26)16-7-10-19(27-2)20(13-16)28-3/h5-10,13,18,26H,4,11-12,14H2,1-3H3,(H2,23,24,25). The lowest BCUT2D eigenvalue weighted by atomic mass is 10.1. The van der Waals surface area contributed by atoms with E-state index in [1.807, 2.05) is 6.92 Å². The predicted molar refractivity (Wildman–Crippen MR) is 109 cm³/mol. The zero-order valence-corrected chi connectivity index (χ0v) is 16.5. The second-order valence-corrected chi connectivity index (χ2v) is 6.15. The molecule has 6 nitrogen and oxygen atoms in total. The van der Waals surface area contributed by atoms with E-state index in [1.165, 1.54) is 12.1 Å². The number of rotatable bonds is 9. The van der Waals surface area contributed by atoms with Gasteiger partial charge in [-0.05, 0) is 48.7 Å². The molecule has 0 aliphatic carbocycles. The molecule has 1 unspecified atom stereocenters. The fraction of sp³-hybridized carbons (Fsp3) is 0.381. The molecule has 0 radical (unpaired) electrons. The number of nitrogens with one attached hydrogen (secondary N) is 2. The molecule has 0 heterocycles. The van der Waals surface area contributed by atoms with Gasteiger partial charge in [-0.2, -0.15) is 0 Å². The van der Waals surface area contributed by atoms with Gasteiger partial charge >= 0.3 is 0 Å². The Morgan fingerprint density at radius 3 is 2.43 bits per heavy atom. The molecule has 3 N–H and O–H groups in total. The minimum absolute atomic E-state index is 0.196. The summed E-state index contributed by atoms with van der Waals surface area (Å²) in [7, 11) is 3.12. The maximum absolute atomic E-state index is 13.0. The number of aliphatic hydroxyl groups is 1. The van der Waals surface area contributed by atoms with Gasteiger partial charge in [-0.25, -0.2) is 4.39 Å². The molecule has 2 aromatic carbocycles. The van der Waals surface area contributed by atoms with Crippen molar-refractivity contribution in [3.8, 4) is 11.5 Å². The maximum Gasteiger partial charge on any atom is 0.191 e. The van der Waals surface area contributed by atoms with Gasteiger partial charge < -0.3 is 25.2 Å². The van der Waals surface area contributed by atoms with E-state index in [1.54, 1.807) is 44.6 Å². The molecule has 0 amide bonds. The van der Waals surface area contributed by atoms with Crippen LogP contribution in [0.3, 0.4) is 0 Å². The van der Waals surface area contributed by atoms with Gasteiger partial charge in [0.25, 0.3) is 0 Å². The van der Waals surface area contributed by atoms with Crippen LogP contribution in [0.5, 0.6) is 11.5 Å². The summed E-state index contributed by atoms with van der Waals surface area (Å²) in [5.41, 5.74) is 1.73. The Morgan fingerprint density at radius 1 is 1.07 bits per heavy atom. The number of aliphatic hydroxyl groups excluding tert-OH is 1. The maximum atomic E-state index is 13.0. The number of halogens is 1. The van der Waals surface area contributed by atoms with Crippen LogP contribution in [0, 0.1) is 5.82 Å². The number of methoxy groups -OCH3 is 2. The SMILES string of the molecule is CCNC(=NCC(O)c1ccc(OC)c(OC)c1)NCCc1ccc(F)cc1. The van der Waals surface area contributed by atoms with E-state index < -0.39 is 6.10 Å². The molecule has 2 aromatic rings. The van der Waals surface area contributed by atoms with Gasteiger partial charge in [0.1, 0.15) is 5.82 Å². The topological polar surface area (TPSA) is 75.1 Å². The highest BCUT2D eigenvalue weighted by Gasteiger charge is 2.12. The van der Waals surface area contributed by atoms with Gasteiger partial charge in [-0.1, -0.05) is 18.2 Å². The Hall–Kier alpha value is -2.80. The number of hydrogen-bond donors (Lipinski definition) is 3. The van der Waals surface area contributed by atoms with E-state index in [2.05, 4.69) is 15.6 Å². The first-order valence-electron chi connectivity index (χ1n) is 9.24. The van der Waals surface area contributed by atoms with Crippen LogP contribution >= 0.6 is 0 Å². The second-order valence-electron chi connectivity index (χ2n) is 6.15. The van der Waals surface area contributed by atoms with E-state index >= 15 is 0 Å². The van der Waals surface area contributed by atoms with Crippen LogP contribution in [0.2, 0.25) is 0 Å². The molecule has 1 atom stereocenters.